The predicted molar refractivity (Wildman–Crippen MR) is 76.4 cm³/mol. The number of hydrogen-bond donors (Lipinski definition) is 0. The highest BCUT2D eigenvalue weighted by atomic mass is 35.5. The largest absolute Gasteiger partial charge is 0.464 e. The van der Waals surface area contributed by atoms with Crippen molar-refractivity contribution in [3.63, 3.8) is 0 Å². The molecule has 0 radical (unpaired) electrons. The molecule has 106 valence electrons. The highest BCUT2D eigenvalue weighted by Crippen LogP contribution is 2.20. The van der Waals surface area contributed by atoms with Gasteiger partial charge in [0, 0.05) is 0 Å². The average molecular weight is 303 g/mol. The molecule has 8 heteroatoms. The van der Waals surface area contributed by atoms with Gasteiger partial charge in [0.05, 0.1) is 18.5 Å². The molecule has 3 rings (SSSR count). The normalized spacial score (nSPS) is 10.6. The first-order valence-corrected chi connectivity index (χ1v) is 6.66. The van der Waals surface area contributed by atoms with Gasteiger partial charge in [-0.25, -0.2) is 4.68 Å². The summed E-state index contributed by atoms with van der Waals surface area (Å²) in [7, 11) is 0. The van der Waals surface area contributed by atoms with Crippen molar-refractivity contribution in [3.8, 4) is 23.2 Å². The van der Waals surface area contributed by atoms with Crippen molar-refractivity contribution in [2.75, 3.05) is 6.61 Å². The van der Waals surface area contributed by atoms with Crippen LogP contribution in [0.4, 0.5) is 0 Å². The van der Waals surface area contributed by atoms with Gasteiger partial charge >= 0.3 is 6.01 Å². The van der Waals surface area contributed by atoms with Crippen LogP contribution in [-0.2, 0) is 0 Å². The van der Waals surface area contributed by atoms with Crippen LogP contribution in [0.25, 0.3) is 17.2 Å². The smallest absolute Gasteiger partial charge is 0.321 e. The van der Waals surface area contributed by atoms with Crippen LogP contribution < -0.4 is 4.74 Å². The molecule has 0 fully saturated rings. The highest BCUT2D eigenvalue weighted by Gasteiger charge is 2.14. The van der Waals surface area contributed by atoms with Crippen LogP contribution >= 0.6 is 11.6 Å². The van der Waals surface area contributed by atoms with Gasteiger partial charge in [0.1, 0.15) is 5.69 Å². The number of hydrogen-bond acceptors (Lipinski definition) is 6. The Morgan fingerprint density at radius 3 is 2.71 bits per heavy atom. The van der Waals surface area contributed by atoms with Gasteiger partial charge in [-0.15, -0.1) is 5.10 Å². The monoisotopic (exact) mass is 302 g/mol. The van der Waals surface area contributed by atoms with Crippen molar-refractivity contribution in [3.05, 3.63) is 41.8 Å². The van der Waals surface area contributed by atoms with Gasteiger partial charge in [-0.2, -0.15) is 15.0 Å². The van der Waals surface area contributed by atoms with E-state index in [1.165, 1.54) is 0 Å². The maximum absolute atomic E-state index is 5.91. The second-order valence-corrected chi connectivity index (χ2v) is 4.35. The van der Waals surface area contributed by atoms with Crippen LogP contribution in [0.3, 0.4) is 0 Å². The number of nitrogens with zero attached hydrogens (tertiary/aromatic N) is 6. The molecule has 0 aliphatic heterocycles. The van der Waals surface area contributed by atoms with E-state index in [2.05, 4.69) is 25.3 Å². The Balaban J connectivity index is 2.08. The minimum atomic E-state index is 0.0595. The van der Waals surface area contributed by atoms with E-state index >= 15 is 0 Å². The van der Waals surface area contributed by atoms with E-state index in [9.17, 15) is 0 Å². The van der Waals surface area contributed by atoms with Crippen molar-refractivity contribution in [2.24, 2.45) is 0 Å². The molecular weight excluding hydrogens is 292 g/mol. The fourth-order valence-corrected chi connectivity index (χ4v) is 1.94. The molecule has 3 aromatic rings. The fourth-order valence-electron chi connectivity index (χ4n) is 1.79. The van der Waals surface area contributed by atoms with E-state index in [4.69, 9.17) is 16.3 Å². The summed E-state index contributed by atoms with van der Waals surface area (Å²) in [6.45, 7) is 2.28. The molecule has 1 aromatic carbocycles. The summed E-state index contributed by atoms with van der Waals surface area (Å²) < 4.78 is 6.90. The average Bonchev–Trinajstić information content (AvgIpc) is 2.97. The third-order valence-corrected chi connectivity index (χ3v) is 2.81. The summed E-state index contributed by atoms with van der Waals surface area (Å²) in [6.07, 6.45) is 1.56. The van der Waals surface area contributed by atoms with Crippen molar-refractivity contribution >= 4 is 11.6 Å². The summed E-state index contributed by atoms with van der Waals surface area (Å²) >= 11 is 5.91. The Bertz CT molecular complexity index is 745. The molecule has 0 amide bonds. The molecule has 0 saturated heterocycles. The second-order valence-electron chi connectivity index (χ2n) is 4.01. The van der Waals surface area contributed by atoms with Crippen LogP contribution in [0.2, 0.25) is 5.28 Å². The lowest BCUT2D eigenvalue weighted by atomic mass is 10.3. The first-order valence-electron chi connectivity index (χ1n) is 6.29. The Labute approximate surface area is 125 Å². The van der Waals surface area contributed by atoms with E-state index in [0.717, 1.165) is 5.69 Å². The first kappa shape index (κ1) is 13.4. The SMILES string of the molecule is CCOc1nc(Cl)nc(-c2cnnn2-c2ccccc2)n1. The van der Waals surface area contributed by atoms with E-state index < -0.39 is 0 Å². The standard InChI is InChI=1S/C13H11ClN6O/c1-2-21-13-17-11(16-12(14)18-13)10-8-15-19-20(10)9-6-4-3-5-7-9/h3-8H,2H2,1H3. The molecule has 2 heterocycles. The first-order chi connectivity index (χ1) is 10.3. The van der Waals surface area contributed by atoms with Gasteiger partial charge in [0.25, 0.3) is 0 Å². The van der Waals surface area contributed by atoms with E-state index in [1.54, 1.807) is 10.9 Å². The maximum atomic E-state index is 5.91. The lowest BCUT2D eigenvalue weighted by Crippen LogP contribution is -2.05. The number of rotatable bonds is 4. The molecule has 0 bridgehead atoms. The Morgan fingerprint density at radius 2 is 1.95 bits per heavy atom. The molecule has 0 aliphatic rings. The number of halogens is 1. The van der Waals surface area contributed by atoms with Crippen LogP contribution in [0.15, 0.2) is 36.5 Å². The highest BCUT2D eigenvalue weighted by molar-refractivity contribution is 6.28. The minimum absolute atomic E-state index is 0.0595. The third kappa shape index (κ3) is 2.82. The number of para-hydroxylation sites is 1. The Hall–Kier alpha value is -2.54. The molecule has 21 heavy (non-hydrogen) atoms. The molecule has 0 atom stereocenters. The molecule has 7 nitrogen and oxygen atoms in total. The second kappa shape index (κ2) is 5.84. The zero-order chi connectivity index (χ0) is 14.7. The zero-order valence-electron chi connectivity index (χ0n) is 11.1. The van der Waals surface area contributed by atoms with Crippen molar-refractivity contribution in [2.45, 2.75) is 6.92 Å². The molecular formula is C13H11ClN6O. The van der Waals surface area contributed by atoms with Crippen LogP contribution in [0.5, 0.6) is 6.01 Å². The number of aromatic nitrogens is 6. The summed E-state index contributed by atoms with van der Waals surface area (Å²) in [5.74, 6) is 0.354. The van der Waals surface area contributed by atoms with E-state index in [0.29, 0.717) is 18.1 Å². The predicted octanol–water partition coefficient (Wildman–Crippen LogP) is 2.17. The van der Waals surface area contributed by atoms with Gasteiger partial charge in [-0.3, -0.25) is 0 Å². The Kier molecular flexibility index (Phi) is 3.74. The van der Waals surface area contributed by atoms with E-state index in [1.807, 2.05) is 37.3 Å². The molecule has 0 unspecified atom stereocenters. The lowest BCUT2D eigenvalue weighted by Gasteiger charge is -2.06. The van der Waals surface area contributed by atoms with Gasteiger partial charge in [0.15, 0.2) is 5.82 Å². The van der Waals surface area contributed by atoms with E-state index in [-0.39, 0.29) is 11.3 Å². The summed E-state index contributed by atoms with van der Waals surface area (Å²) in [6, 6.07) is 9.73. The van der Waals surface area contributed by atoms with Crippen LogP contribution in [-0.4, -0.2) is 36.6 Å². The summed E-state index contributed by atoms with van der Waals surface area (Å²) in [5, 5.41) is 8.02. The molecule has 0 N–H and O–H groups in total. The lowest BCUT2D eigenvalue weighted by molar-refractivity contribution is 0.312. The maximum Gasteiger partial charge on any atom is 0.321 e. The number of benzene rings is 1. The Morgan fingerprint density at radius 1 is 1.14 bits per heavy atom. The fraction of sp³-hybridized carbons (Fsp3) is 0.154. The van der Waals surface area contributed by atoms with Crippen LogP contribution in [0, 0.1) is 0 Å². The minimum Gasteiger partial charge on any atom is -0.464 e. The van der Waals surface area contributed by atoms with Crippen molar-refractivity contribution < 1.29 is 4.74 Å². The van der Waals surface area contributed by atoms with Gasteiger partial charge in [-0.1, -0.05) is 23.4 Å². The van der Waals surface area contributed by atoms with Crippen molar-refractivity contribution in [1.82, 2.24) is 29.9 Å². The summed E-state index contributed by atoms with van der Waals surface area (Å²) in [4.78, 5) is 12.2. The van der Waals surface area contributed by atoms with Gasteiger partial charge in [-0.05, 0) is 30.7 Å². The number of ether oxygens (including phenoxy) is 1. The zero-order valence-corrected chi connectivity index (χ0v) is 11.9. The third-order valence-electron chi connectivity index (χ3n) is 2.64. The quantitative estimate of drug-likeness (QED) is 0.735. The summed E-state index contributed by atoms with van der Waals surface area (Å²) in [5.41, 5.74) is 1.45. The molecule has 0 spiro atoms. The molecule has 0 aliphatic carbocycles. The van der Waals surface area contributed by atoms with Crippen molar-refractivity contribution in [1.29, 1.82) is 0 Å². The van der Waals surface area contributed by atoms with Gasteiger partial charge in [0.2, 0.25) is 5.28 Å². The topological polar surface area (TPSA) is 78.6 Å². The molecule has 2 aromatic heterocycles. The van der Waals surface area contributed by atoms with Gasteiger partial charge < -0.3 is 4.74 Å². The molecule has 0 saturated carbocycles. The van der Waals surface area contributed by atoms with Crippen LogP contribution in [0.1, 0.15) is 6.92 Å².